The Morgan fingerprint density at radius 1 is 1.23 bits per heavy atom. The molecule has 1 N–H and O–H groups in total. The monoisotopic (exact) mass is 372 g/mol. The molecule has 2 atom stereocenters. The summed E-state index contributed by atoms with van der Waals surface area (Å²) in [6.45, 7) is 3.38. The van der Waals surface area contributed by atoms with Crippen LogP contribution in [0.2, 0.25) is 0 Å². The fraction of sp³-hybridized carbons (Fsp3) is 0.632. The molecule has 7 heteroatoms. The molecule has 3 nitrogen and oxygen atoms in total. The van der Waals surface area contributed by atoms with E-state index in [0.29, 0.717) is 38.8 Å². The summed E-state index contributed by atoms with van der Waals surface area (Å²) in [5.74, 6) is -1.97. The summed E-state index contributed by atoms with van der Waals surface area (Å²) >= 11 is 0. The van der Waals surface area contributed by atoms with Crippen LogP contribution >= 0.6 is 0 Å². The van der Waals surface area contributed by atoms with Crippen LogP contribution in [0.4, 0.5) is 17.6 Å². The van der Waals surface area contributed by atoms with Crippen molar-refractivity contribution in [1.29, 1.82) is 0 Å². The molecule has 1 saturated carbocycles. The van der Waals surface area contributed by atoms with Gasteiger partial charge in [-0.1, -0.05) is 19.1 Å². The zero-order chi connectivity index (χ0) is 18.9. The van der Waals surface area contributed by atoms with E-state index in [-0.39, 0.29) is 24.3 Å². The molecule has 26 heavy (non-hydrogen) atoms. The van der Waals surface area contributed by atoms with Gasteiger partial charge in [-0.05, 0) is 67.8 Å². The molecule has 0 spiro atoms. The molecule has 1 aliphatic heterocycles. The summed E-state index contributed by atoms with van der Waals surface area (Å²) in [5.41, 5.74) is 0.461. The minimum absolute atomic E-state index is 0.0966. The third kappa shape index (κ3) is 4.37. The molecular weight excluding hydrogens is 348 g/mol. The van der Waals surface area contributed by atoms with E-state index < -0.39 is 17.5 Å². The van der Waals surface area contributed by atoms with E-state index in [1.807, 2.05) is 6.92 Å². The maximum atomic E-state index is 13.2. The van der Waals surface area contributed by atoms with Crippen LogP contribution in [-0.2, 0) is 11.2 Å². The van der Waals surface area contributed by atoms with Crippen LogP contribution in [0.15, 0.2) is 24.3 Å². The molecule has 1 aromatic rings. The molecule has 3 rings (SSSR count). The van der Waals surface area contributed by atoms with Gasteiger partial charge in [-0.2, -0.15) is 13.2 Å². The Labute approximate surface area is 150 Å². The minimum Gasteiger partial charge on any atom is -0.331 e. The average Bonchev–Trinajstić information content (AvgIpc) is 3.31. The standard InChI is InChI=1S/C19H24F4N2O/c1-13-10-16(13)25(17(26)19(21,22)23)12-18(6-8-24-9-7-18)11-14-2-4-15(20)5-3-14/h2-5,13,16,24H,6-12H2,1H3/t13-,16-/m1/s1. The van der Waals surface area contributed by atoms with E-state index in [1.54, 1.807) is 12.1 Å². The first-order chi connectivity index (χ1) is 12.2. The van der Waals surface area contributed by atoms with E-state index in [4.69, 9.17) is 0 Å². The van der Waals surface area contributed by atoms with E-state index in [2.05, 4.69) is 5.32 Å². The number of nitrogens with zero attached hydrogens (tertiary/aromatic N) is 1. The fourth-order valence-electron chi connectivity index (χ4n) is 3.98. The average molecular weight is 372 g/mol. The lowest BCUT2D eigenvalue weighted by atomic mass is 9.73. The third-order valence-electron chi connectivity index (χ3n) is 5.63. The van der Waals surface area contributed by atoms with Gasteiger partial charge in [0.25, 0.3) is 0 Å². The first-order valence-electron chi connectivity index (χ1n) is 9.03. The highest BCUT2D eigenvalue weighted by Gasteiger charge is 2.52. The number of alkyl halides is 3. The van der Waals surface area contributed by atoms with E-state index >= 15 is 0 Å². The first-order valence-corrected chi connectivity index (χ1v) is 9.03. The van der Waals surface area contributed by atoms with Gasteiger partial charge in [0.2, 0.25) is 0 Å². The number of carbonyl (C=O) groups is 1. The molecule has 1 saturated heterocycles. The zero-order valence-corrected chi connectivity index (χ0v) is 14.8. The number of hydrogen-bond acceptors (Lipinski definition) is 2. The molecule has 0 aromatic heterocycles. The second-order valence-corrected chi connectivity index (χ2v) is 7.76. The van der Waals surface area contributed by atoms with Crippen molar-refractivity contribution in [2.45, 2.75) is 44.8 Å². The van der Waals surface area contributed by atoms with Crippen molar-refractivity contribution in [3.8, 4) is 0 Å². The smallest absolute Gasteiger partial charge is 0.331 e. The van der Waals surface area contributed by atoms with Gasteiger partial charge < -0.3 is 10.2 Å². The van der Waals surface area contributed by atoms with Crippen LogP contribution < -0.4 is 5.32 Å². The third-order valence-corrected chi connectivity index (χ3v) is 5.63. The van der Waals surface area contributed by atoms with Gasteiger partial charge in [-0.15, -0.1) is 0 Å². The van der Waals surface area contributed by atoms with Crippen LogP contribution in [-0.4, -0.2) is 42.7 Å². The number of benzene rings is 1. The molecule has 2 aliphatic rings. The van der Waals surface area contributed by atoms with Crippen LogP contribution in [0.3, 0.4) is 0 Å². The highest BCUT2D eigenvalue weighted by Crippen LogP contribution is 2.42. The number of piperidine rings is 1. The highest BCUT2D eigenvalue weighted by atomic mass is 19.4. The quantitative estimate of drug-likeness (QED) is 0.802. The van der Waals surface area contributed by atoms with Crippen LogP contribution in [0.1, 0.15) is 31.7 Å². The van der Waals surface area contributed by atoms with Crippen LogP contribution in [0.25, 0.3) is 0 Å². The maximum absolute atomic E-state index is 13.2. The summed E-state index contributed by atoms with van der Waals surface area (Å²) in [7, 11) is 0. The normalized spacial score (nSPS) is 25.0. The number of carbonyl (C=O) groups excluding carboxylic acids is 1. The zero-order valence-electron chi connectivity index (χ0n) is 14.8. The number of hydrogen-bond donors (Lipinski definition) is 1. The van der Waals surface area contributed by atoms with E-state index in [9.17, 15) is 22.4 Å². The van der Waals surface area contributed by atoms with Crippen molar-refractivity contribution < 1.29 is 22.4 Å². The number of amides is 1. The molecule has 1 aliphatic carbocycles. The Bertz CT molecular complexity index is 638. The minimum atomic E-state index is -4.85. The summed E-state index contributed by atoms with van der Waals surface area (Å²) in [6, 6.07) is 5.75. The lowest BCUT2D eigenvalue weighted by Gasteiger charge is -2.42. The molecule has 1 heterocycles. The van der Waals surface area contributed by atoms with Crippen molar-refractivity contribution in [3.63, 3.8) is 0 Å². The van der Waals surface area contributed by atoms with E-state index in [1.165, 1.54) is 12.1 Å². The number of rotatable bonds is 5. The van der Waals surface area contributed by atoms with Gasteiger partial charge in [0.05, 0.1) is 0 Å². The Morgan fingerprint density at radius 2 is 1.81 bits per heavy atom. The lowest BCUT2D eigenvalue weighted by molar-refractivity contribution is -0.188. The second kappa shape index (κ2) is 7.18. The molecule has 0 radical (unpaired) electrons. The Kier molecular flexibility index (Phi) is 5.28. The summed E-state index contributed by atoms with van der Waals surface area (Å²) in [6.07, 6.45) is -2.32. The molecule has 0 unspecified atom stereocenters. The Balaban J connectivity index is 1.83. The van der Waals surface area contributed by atoms with Crippen LogP contribution in [0.5, 0.6) is 0 Å². The summed E-state index contributed by atoms with van der Waals surface area (Å²) in [4.78, 5) is 13.1. The predicted octanol–water partition coefficient (Wildman–Crippen LogP) is 3.54. The van der Waals surface area contributed by atoms with Gasteiger partial charge >= 0.3 is 12.1 Å². The molecular formula is C19H24F4N2O. The Morgan fingerprint density at radius 3 is 2.31 bits per heavy atom. The van der Waals surface area contributed by atoms with Crippen molar-refractivity contribution >= 4 is 5.91 Å². The van der Waals surface area contributed by atoms with E-state index in [0.717, 1.165) is 10.5 Å². The molecule has 1 aromatic carbocycles. The largest absolute Gasteiger partial charge is 0.471 e. The Hall–Kier alpha value is -1.63. The fourth-order valence-corrected chi connectivity index (χ4v) is 3.98. The van der Waals surface area contributed by atoms with Gasteiger partial charge in [0, 0.05) is 12.6 Å². The first kappa shape index (κ1) is 19.1. The summed E-state index contributed by atoms with van der Waals surface area (Å²) in [5, 5.41) is 3.24. The summed E-state index contributed by atoms with van der Waals surface area (Å²) < 4.78 is 52.5. The number of nitrogens with one attached hydrogen (secondary N) is 1. The van der Waals surface area contributed by atoms with Gasteiger partial charge in [0.1, 0.15) is 5.82 Å². The molecule has 1 amide bonds. The van der Waals surface area contributed by atoms with Crippen molar-refractivity contribution in [3.05, 3.63) is 35.6 Å². The van der Waals surface area contributed by atoms with Crippen molar-refractivity contribution in [2.75, 3.05) is 19.6 Å². The number of halogens is 4. The molecule has 2 fully saturated rings. The van der Waals surface area contributed by atoms with Crippen molar-refractivity contribution in [2.24, 2.45) is 11.3 Å². The van der Waals surface area contributed by atoms with Gasteiger partial charge in [-0.25, -0.2) is 4.39 Å². The van der Waals surface area contributed by atoms with Crippen LogP contribution in [0, 0.1) is 17.2 Å². The SMILES string of the molecule is C[C@@H]1C[C@H]1N(CC1(Cc2ccc(F)cc2)CCNCC1)C(=O)C(F)(F)F. The lowest BCUT2D eigenvalue weighted by Crippen LogP contribution is -2.51. The maximum Gasteiger partial charge on any atom is 0.471 e. The topological polar surface area (TPSA) is 32.3 Å². The molecule has 144 valence electrons. The van der Waals surface area contributed by atoms with Gasteiger partial charge in [-0.3, -0.25) is 4.79 Å². The predicted molar refractivity (Wildman–Crippen MR) is 90.0 cm³/mol. The highest BCUT2D eigenvalue weighted by molar-refractivity contribution is 5.82. The van der Waals surface area contributed by atoms with Crippen molar-refractivity contribution in [1.82, 2.24) is 10.2 Å². The van der Waals surface area contributed by atoms with Gasteiger partial charge in [0.15, 0.2) is 0 Å². The molecule has 0 bridgehead atoms. The second-order valence-electron chi connectivity index (χ2n) is 7.76.